The molecule has 0 aliphatic rings. The number of primary amides is 1. The number of nitrogens with one attached hydrogen (secondary N) is 2. The lowest BCUT2D eigenvalue weighted by molar-refractivity contribution is -0.114. The molecule has 12 heteroatoms. The van der Waals surface area contributed by atoms with Crippen LogP contribution in [-0.2, 0) is 14.3 Å². The number of benzene rings is 1. The maximum Gasteiger partial charge on any atom is 0.387 e. The predicted molar refractivity (Wildman–Crippen MR) is 110 cm³/mol. The molecule has 2 aromatic rings. The van der Waals surface area contributed by atoms with Crippen molar-refractivity contribution in [3.63, 3.8) is 0 Å². The Kier molecular flexibility index (Phi) is 8.70. The summed E-state index contributed by atoms with van der Waals surface area (Å²) in [6.07, 6.45) is 0. The summed E-state index contributed by atoms with van der Waals surface area (Å²) in [7, 11) is 1.44. The molecular formula is C19H21F2N3O6S. The highest BCUT2D eigenvalue weighted by Gasteiger charge is 2.26. The van der Waals surface area contributed by atoms with Crippen LogP contribution in [0.25, 0.3) is 0 Å². The second-order valence-electron chi connectivity index (χ2n) is 6.03. The normalized spacial score (nSPS) is 10.6. The first-order chi connectivity index (χ1) is 14.7. The molecule has 0 spiro atoms. The molecule has 0 atom stereocenters. The molecule has 0 aliphatic carbocycles. The van der Waals surface area contributed by atoms with Crippen molar-refractivity contribution in [2.75, 3.05) is 37.5 Å². The van der Waals surface area contributed by atoms with E-state index in [-0.39, 0.29) is 52.2 Å². The van der Waals surface area contributed by atoms with Crippen molar-refractivity contribution in [2.24, 2.45) is 5.73 Å². The van der Waals surface area contributed by atoms with Crippen molar-refractivity contribution in [2.45, 2.75) is 13.5 Å². The van der Waals surface area contributed by atoms with Gasteiger partial charge in [0.05, 0.1) is 29.3 Å². The first-order valence-corrected chi connectivity index (χ1v) is 9.73. The summed E-state index contributed by atoms with van der Waals surface area (Å²) in [4.78, 5) is 36.6. The number of esters is 1. The van der Waals surface area contributed by atoms with E-state index in [0.29, 0.717) is 0 Å². The van der Waals surface area contributed by atoms with Crippen LogP contribution in [0.1, 0.15) is 25.6 Å². The van der Waals surface area contributed by atoms with Gasteiger partial charge in [0.15, 0.2) is 0 Å². The Morgan fingerprint density at radius 1 is 1.19 bits per heavy atom. The van der Waals surface area contributed by atoms with E-state index in [2.05, 4.69) is 15.4 Å². The van der Waals surface area contributed by atoms with Crippen LogP contribution in [0.15, 0.2) is 24.3 Å². The Morgan fingerprint density at radius 3 is 2.55 bits per heavy atom. The second-order valence-corrected chi connectivity index (χ2v) is 7.05. The molecular weight excluding hydrogens is 436 g/mol. The molecule has 9 nitrogen and oxygen atoms in total. The first-order valence-electron chi connectivity index (χ1n) is 8.91. The highest BCUT2D eigenvalue weighted by Crippen LogP contribution is 2.33. The van der Waals surface area contributed by atoms with Crippen LogP contribution < -0.4 is 21.1 Å². The number of hydrogen-bond acceptors (Lipinski definition) is 8. The predicted octanol–water partition coefficient (Wildman–Crippen LogP) is 2.61. The zero-order valence-corrected chi connectivity index (χ0v) is 17.5. The second kappa shape index (κ2) is 11.2. The average Bonchev–Trinajstić information content (AvgIpc) is 3.03. The summed E-state index contributed by atoms with van der Waals surface area (Å²) < 4.78 is 39.3. The van der Waals surface area contributed by atoms with Gasteiger partial charge in [-0.15, -0.1) is 11.3 Å². The molecule has 0 bridgehead atoms. The minimum atomic E-state index is -3.02. The number of alkyl halides is 2. The Hall–Kier alpha value is -3.25. The molecule has 1 heterocycles. The third kappa shape index (κ3) is 6.62. The SMILES string of the molecule is COCCOC(=O)c1c(NC(=O)CNc2ccccc2OC(F)F)sc(C(N)=O)c1C. The van der Waals surface area contributed by atoms with Gasteiger partial charge in [0.1, 0.15) is 17.4 Å². The highest BCUT2D eigenvalue weighted by molar-refractivity contribution is 7.18. The molecule has 0 saturated heterocycles. The number of amides is 2. The molecule has 4 N–H and O–H groups in total. The fourth-order valence-electron chi connectivity index (χ4n) is 2.53. The molecule has 1 aromatic heterocycles. The number of nitrogens with two attached hydrogens (primary N) is 1. The summed E-state index contributed by atoms with van der Waals surface area (Å²) in [5.41, 5.74) is 5.80. The molecule has 31 heavy (non-hydrogen) atoms. The molecule has 0 saturated carbocycles. The molecule has 0 aliphatic heterocycles. The summed E-state index contributed by atoms with van der Waals surface area (Å²) >= 11 is 0.833. The van der Waals surface area contributed by atoms with E-state index < -0.39 is 24.4 Å². The zero-order valence-electron chi connectivity index (χ0n) is 16.7. The monoisotopic (exact) mass is 457 g/mol. The summed E-state index contributed by atoms with van der Waals surface area (Å²) in [6.45, 7) is -1.69. The Bertz CT molecular complexity index is 951. The quantitative estimate of drug-likeness (QED) is 0.349. The van der Waals surface area contributed by atoms with Gasteiger partial charge in [0.2, 0.25) is 5.91 Å². The van der Waals surface area contributed by atoms with Crippen molar-refractivity contribution in [1.29, 1.82) is 0 Å². The van der Waals surface area contributed by atoms with Crippen LogP contribution in [0.2, 0.25) is 0 Å². The van der Waals surface area contributed by atoms with E-state index in [9.17, 15) is 23.2 Å². The van der Waals surface area contributed by atoms with Crippen LogP contribution in [0.3, 0.4) is 0 Å². The van der Waals surface area contributed by atoms with Crippen molar-refractivity contribution < 1.29 is 37.4 Å². The molecule has 2 amide bonds. The zero-order chi connectivity index (χ0) is 23.0. The number of para-hydroxylation sites is 2. The van der Waals surface area contributed by atoms with Crippen molar-refractivity contribution >= 4 is 39.8 Å². The van der Waals surface area contributed by atoms with E-state index in [4.69, 9.17) is 15.2 Å². The van der Waals surface area contributed by atoms with Gasteiger partial charge in [-0.3, -0.25) is 9.59 Å². The van der Waals surface area contributed by atoms with Gasteiger partial charge < -0.3 is 30.6 Å². The lowest BCUT2D eigenvalue weighted by atomic mass is 10.1. The Balaban J connectivity index is 2.14. The van der Waals surface area contributed by atoms with Gasteiger partial charge in [-0.2, -0.15) is 8.78 Å². The first kappa shape index (κ1) is 24.0. The highest BCUT2D eigenvalue weighted by atomic mass is 32.1. The van der Waals surface area contributed by atoms with Crippen LogP contribution >= 0.6 is 11.3 Å². The van der Waals surface area contributed by atoms with Gasteiger partial charge in [-0.05, 0) is 24.6 Å². The number of halogens is 2. The third-order valence-corrected chi connectivity index (χ3v) is 5.11. The van der Waals surface area contributed by atoms with Crippen molar-refractivity contribution in [1.82, 2.24) is 0 Å². The average molecular weight is 457 g/mol. The Labute approximate surface area is 180 Å². The minimum Gasteiger partial charge on any atom is -0.460 e. The number of methoxy groups -OCH3 is 1. The van der Waals surface area contributed by atoms with Gasteiger partial charge in [0.25, 0.3) is 5.91 Å². The van der Waals surface area contributed by atoms with Crippen LogP contribution in [0.5, 0.6) is 5.75 Å². The molecule has 0 fully saturated rings. The molecule has 2 rings (SSSR count). The van der Waals surface area contributed by atoms with Crippen LogP contribution in [0.4, 0.5) is 19.5 Å². The lowest BCUT2D eigenvalue weighted by Gasteiger charge is -2.12. The summed E-state index contributed by atoms with van der Waals surface area (Å²) in [6, 6.07) is 5.87. The molecule has 0 unspecified atom stereocenters. The topological polar surface area (TPSA) is 129 Å². The number of ether oxygens (including phenoxy) is 3. The number of anilines is 2. The van der Waals surface area contributed by atoms with Gasteiger partial charge in [-0.25, -0.2) is 4.79 Å². The van der Waals surface area contributed by atoms with E-state index in [1.807, 2.05) is 0 Å². The maximum absolute atomic E-state index is 12.5. The number of hydrogen-bond donors (Lipinski definition) is 3. The minimum absolute atomic E-state index is 0.00434. The number of carbonyl (C=O) groups is 3. The largest absolute Gasteiger partial charge is 0.460 e. The van der Waals surface area contributed by atoms with Crippen molar-refractivity contribution in [3.8, 4) is 5.75 Å². The Morgan fingerprint density at radius 2 is 1.90 bits per heavy atom. The van der Waals surface area contributed by atoms with E-state index in [1.165, 1.54) is 32.2 Å². The summed E-state index contributed by atoms with van der Waals surface area (Å²) in [5.74, 6) is -2.24. The van der Waals surface area contributed by atoms with E-state index in [1.54, 1.807) is 6.07 Å². The molecule has 0 radical (unpaired) electrons. The lowest BCUT2D eigenvalue weighted by Crippen LogP contribution is -2.23. The standard InChI is InChI=1S/C19H21F2N3O6S/c1-10-14(18(27)29-8-7-28-2)17(31-15(10)16(22)26)24-13(25)9-23-11-5-3-4-6-12(11)30-19(20)21/h3-6,19,23H,7-9H2,1-2H3,(H2,22,26)(H,24,25). The molecule has 168 valence electrons. The molecule has 1 aromatic carbocycles. The van der Waals surface area contributed by atoms with Gasteiger partial charge in [0, 0.05) is 7.11 Å². The fourth-order valence-corrected chi connectivity index (χ4v) is 3.59. The van der Waals surface area contributed by atoms with E-state index in [0.717, 1.165) is 11.3 Å². The van der Waals surface area contributed by atoms with Gasteiger partial charge >= 0.3 is 12.6 Å². The number of thiophene rings is 1. The van der Waals surface area contributed by atoms with Crippen molar-refractivity contribution in [3.05, 3.63) is 40.3 Å². The third-order valence-electron chi connectivity index (χ3n) is 3.89. The maximum atomic E-state index is 12.5. The fraction of sp³-hybridized carbons (Fsp3) is 0.316. The smallest absolute Gasteiger partial charge is 0.387 e. The number of carbonyl (C=O) groups excluding carboxylic acids is 3. The summed E-state index contributed by atoms with van der Waals surface area (Å²) in [5, 5.41) is 5.28. The van der Waals surface area contributed by atoms with Crippen LogP contribution in [-0.4, -0.2) is 51.3 Å². The van der Waals surface area contributed by atoms with Crippen LogP contribution in [0, 0.1) is 6.92 Å². The number of rotatable bonds is 11. The van der Waals surface area contributed by atoms with Gasteiger partial charge in [-0.1, -0.05) is 12.1 Å². The van der Waals surface area contributed by atoms with E-state index >= 15 is 0 Å².